The third-order valence-corrected chi connectivity index (χ3v) is 7.41. The number of hydrogen-bond acceptors (Lipinski definition) is 5. The molecule has 10 heteroatoms. The minimum atomic E-state index is -3.35. The number of amides is 1. The predicted molar refractivity (Wildman–Crippen MR) is 135 cm³/mol. The van der Waals surface area contributed by atoms with Crippen LogP contribution in [0.3, 0.4) is 0 Å². The highest BCUT2D eigenvalue weighted by Gasteiger charge is 2.18. The monoisotopic (exact) mass is 534 g/mol. The normalized spacial score (nSPS) is 11.4. The van der Waals surface area contributed by atoms with Crippen molar-refractivity contribution in [3.63, 3.8) is 0 Å². The van der Waals surface area contributed by atoms with E-state index in [1.165, 1.54) is 35.6 Å². The van der Waals surface area contributed by atoms with E-state index < -0.39 is 9.84 Å². The van der Waals surface area contributed by atoms with E-state index >= 15 is 0 Å². The summed E-state index contributed by atoms with van der Waals surface area (Å²) in [5.41, 5.74) is 2.56. The highest BCUT2D eigenvalue weighted by molar-refractivity contribution is 7.90. The Labute approximate surface area is 210 Å². The lowest BCUT2D eigenvalue weighted by molar-refractivity contribution is -0.115. The Morgan fingerprint density at radius 3 is 2.15 bits per heavy atom. The molecule has 0 aliphatic rings. The van der Waals surface area contributed by atoms with Crippen LogP contribution >= 0.6 is 34.5 Å². The Balaban J connectivity index is 1.67. The highest BCUT2D eigenvalue weighted by atomic mass is 35.5. The molecule has 1 amide bonds. The third kappa shape index (κ3) is 5.82. The van der Waals surface area contributed by atoms with E-state index in [4.69, 9.17) is 23.2 Å². The van der Waals surface area contributed by atoms with Gasteiger partial charge in [-0.15, -0.1) is 0 Å². The van der Waals surface area contributed by atoms with Crippen LogP contribution in [0.2, 0.25) is 10.0 Å². The number of aromatic nitrogens is 1. The first-order valence-corrected chi connectivity index (χ1v) is 13.4. The summed E-state index contributed by atoms with van der Waals surface area (Å²) >= 11 is 13.3. The molecular formula is C24H17Cl2FN2O3S2. The molecule has 3 aromatic carbocycles. The molecule has 174 valence electrons. The van der Waals surface area contributed by atoms with Crippen molar-refractivity contribution in [3.8, 4) is 21.7 Å². The molecule has 4 aromatic rings. The lowest BCUT2D eigenvalue weighted by Crippen LogP contribution is -2.14. The van der Waals surface area contributed by atoms with Gasteiger partial charge in [-0.3, -0.25) is 4.79 Å². The summed E-state index contributed by atoms with van der Waals surface area (Å²) in [7, 11) is -3.35. The van der Waals surface area contributed by atoms with Gasteiger partial charge in [0.05, 0.1) is 21.9 Å². The predicted octanol–water partition coefficient (Wildman–Crippen LogP) is 6.51. The van der Waals surface area contributed by atoms with Gasteiger partial charge < -0.3 is 5.32 Å². The van der Waals surface area contributed by atoms with Gasteiger partial charge in [0.15, 0.2) is 15.0 Å². The number of anilines is 1. The SMILES string of the molecule is CS(=O)(=O)c1ccc(-c2nc(NC(=O)Cc3cc(Cl)cc(Cl)c3)sc2-c2ccc(F)cc2)cc1. The number of carbonyl (C=O) groups excluding carboxylic acids is 1. The largest absolute Gasteiger partial charge is 0.302 e. The summed E-state index contributed by atoms with van der Waals surface area (Å²) < 4.78 is 37.1. The Kier molecular flexibility index (Phi) is 7.04. The number of halogens is 3. The van der Waals surface area contributed by atoms with Crippen LogP contribution in [0.15, 0.2) is 71.6 Å². The quantitative estimate of drug-likeness (QED) is 0.306. The first-order chi connectivity index (χ1) is 16.1. The summed E-state index contributed by atoms with van der Waals surface area (Å²) in [6.45, 7) is 0. The average molecular weight is 535 g/mol. The van der Waals surface area contributed by atoms with Crippen LogP contribution in [0, 0.1) is 5.82 Å². The summed E-state index contributed by atoms with van der Waals surface area (Å²) in [5, 5.41) is 4.00. The van der Waals surface area contributed by atoms with Gasteiger partial charge in [0.25, 0.3) is 0 Å². The molecule has 5 nitrogen and oxygen atoms in total. The molecule has 0 spiro atoms. The molecule has 0 saturated heterocycles. The molecular weight excluding hydrogens is 518 g/mol. The van der Waals surface area contributed by atoms with Gasteiger partial charge in [-0.2, -0.15) is 0 Å². The summed E-state index contributed by atoms with van der Waals surface area (Å²) in [5.74, 6) is -0.683. The summed E-state index contributed by atoms with van der Waals surface area (Å²) in [4.78, 5) is 18.1. The fourth-order valence-corrected chi connectivity index (χ4v) is 5.50. The van der Waals surface area contributed by atoms with Crippen LogP contribution in [-0.4, -0.2) is 25.6 Å². The zero-order valence-electron chi connectivity index (χ0n) is 17.7. The topological polar surface area (TPSA) is 76.1 Å². The number of benzene rings is 3. The first kappa shape index (κ1) is 24.3. The fourth-order valence-electron chi connectivity index (χ4n) is 3.29. The zero-order chi connectivity index (χ0) is 24.5. The van der Waals surface area contributed by atoms with Crippen molar-refractivity contribution in [3.05, 3.63) is 88.2 Å². The number of thiazole rings is 1. The second-order valence-electron chi connectivity index (χ2n) is 7.50. The summed E-state index contributed by atoms with van der Waals surface area (Å²) in [6.07, 6.45) is 1.18. The zero-order valence-corrected chi connectivity index (χ0v) is 20.8. The second-order valence-corrected chi connectivity index (χ2v) is 11.4. The third-order valence-electron chi connectivity index (χ3n) is 4.82. The molecule has 34 heavy (non-hydrogen) atoms. The molecule has 1 heterocycles. The maximum atomic E-state index is 13.5. The standard InChI is InChI=1S/C24H17Cl2FN2O3S2/c1-34(31,32)20-8-4-15(5-9-20)22-23(16-2-6-19(27)7-3-16)33-24(29-22)28-21(30)12-14-10-17(25)13-18(26)11-14/h2-11,13H,12H2,1H3,(H,28,29,30). The van der Waals surface area contributed by atoms with Gasteiger partial charge in [-0.25, -0.2) is 17.8 Å². The van der Waals surface area contributed by atoms with Crippen LogP contribution in [0.4, 0.5) is 9.52 Å². The Bertz CT molecular complexity index is 1450. The molecule has 1 aromatic heterocycles. The van der Waals surface area contributed by atoms with E-state index in [9.17, 15) is 17.6 Å². The fraction of sp³-hybridized carbons (Fsp3) is 0.0833. The van der Waals surface area contributed by atoms with Crippen molar-refractivity contribution < 1.29 is 17.6 Å². The van der Waals surface area contributed by atoms with Crippen molar-refractivity contribution in [1.29, 1.82) is 0 Å². The molecule has 0 atom stereocenters. The van der Waals surface area contributed by atoms with E-state index in [0.29, 0.717) is 42.4 Å². The number of hydrogen-bond donors (Lipinski definition) is 1. The average Bonchev–Trinajstić information content (AvgIpc) is 3.16. The van der Waals surface area contributed by atoms with Crippen molar-refractivity contribution in [2.75, 3.05) is 11.6 Å². The van der Waals surface area contributed by atoms with E-state index in [1.54, 1.807) is 42.5 Å². The molecule has 4 rings (SSSR count). The molecule has 0 saturated carbocycles. The lowest BCUT2D eigenvalue weighted by atomic mass is 10.1. The molecule has 0 aliphatic carbocycles. The number of carbonyl (C=O) groups is 1. The smallest absolute Gasteiger partial charge is 0.230 e. The Morgan fingerprint density at radius 1 is 0.971 bits per heavy atom. The number of nitrogens with one attached hydrogen (secondary N) is 1. The number of nitrogens with zero attached hydrogens (tertiary/aromatic N) is 1. The van der Waals surface area contributed by atoms with Crippen LogP contribution in [0.25, 0.3) is 21.7 Å². The van der Waals surface area contributed by atoms with Crippen LogP contribution in [-0.2, 0) is 21.1 Å². The van der Waals surface area contributed by atoms with E-state index in [2.05, 4.69) is 10.3 Å². The number of rotatable bonds is 6. The number of sulfone groups is 1. The van der Waals surface area contributed by atoms with Gasteiger partial charge in [0, 0.05) is 21.9 Å². The van der Waals surface area contributed by atoms with Crippen LogP contribution < -0.4 is 5.32 Å². The highest BCUT2D eigenvalue weighted by Crippen LogP contribution is 2.39. The van der Waals surface area contributed by atoms with Crippen molar-refractivity contribution in [1.82, 2.24) is 4.98 Å². The van der Waals surface area contributed by atoms with Gasteiger partial charge in [-0.05, 0) is 53.6 Å². The molecule has 0 unspecified atom stereocenters. The molecule has 1 N–H and O–H groups in total. The maximum absolute atomic E-state index is 13.5. The second kappa shape index (κ2) is 9.84. The van der Waals surface area contributed by atoms with Gasteiger partial charge >= 0.3 is 0 Å². The Hall–Kier alpha value is -2.78. The van der Waals surface area contributed by atoms with Gasteiger partial charge in [-0.1, -0.05) is 58.8 Å². The molecule has 0 aliphatic heterocycles. The van der Waals surface area contributed by atoms with Crippen molar-refractivity contribution in [2.24, 2.45) is 0 Å². The Morgan fingerprint density at radius 2 is 1.56 bits per heavy atom. The van der Waals surface area contributed by atoms with Crippen LogP contribution in [0.5, 0.6) is 0 Å². The van der Waals surface area contributed by atoms with E-state index in [0.717, 1.165) is 6.26 Å². The van der Waals surface area contributed by atoms with Crippen molar-refractivity contribution >= 4 is 55.4 Å². The van der Waals surface area contributed by atoms with Crippen molar-refractivity contribution in [2.45, 2.75) is 11.3 Å². The summed E-state index contributed by atoms with van der Waals surface area (Å²) in [6, 6.07) is 17.1. The van der Waals surface area contributed by atoms with E-state index in [1.807, 2.05) is 0 Å². The minimum absolute atomic E-state index is 0.0458. The van der Waals surface area contributed by atoms with Gasteiger partial charge in [0.2, 0.25) is 5.91 Å². The first-order valence-electron chi connectivity index (χ1n) is 9.90. The minimum Gasteiger partial charge on any atom is -0.302 e. The maximum Gasteiger partial charge on any atom is 0.230 e. The molecule has 0 bridgehead atoms. The molecule has 0 radical (unpaired) electrons. The van der Waals surface area contributed by atoms with E-state index in [-0.39, 0.29) is 23.0 Å². The lowest BCUT2D eigenvalue weighted by Gasteiger charge is -2.04. The van der Waals surface area contributed by atoms with Crippen LogP contribution in [0.1, 0.15) is 5.56 Å². The molecule has 0 fully saturated rings. The van der Waals surface area contributed by atoms with Gasteiger partial charge in [0.1, 0.15) is 5.82 Å².